The molecule has 0 aliphatic carbocycles. The monoisotopic (exact) mass is 362 g/mol. The van der Waals surface area contributed by atoms with Crippen molar-refractivity contribution < 1.29 is 4.52 Å². The summed E-state index contributed by atoms with van der Waals surface area (Å²) in [6.45, 7) is 2.04. The Morgan fingerprint density at radius 1 is 1.10 bits per heavy atom. The molecule has 3 rings (SSSR count). The molecule has 5 heteroatoms. The van der Waals surface area contributed by atoms with E-state index >= 15 is 0 Å². The average molecular weight is 364 g/mol. The number of hydrogen-bond acceptors (Lipinski definition) is 3. The van der Waals surface area contributed by atoms with Gasteiger partial charge in [-0.3, -0.25) is 0 Å². The second-order valence-corrected chi connectivity index (χ2v) is 6.03. The molecule has 0 saturated heterocycles. The van der Waals surface area contributed by atoms with E-state index < -0.39 is 0 Å². The van der Waals surface area contributed by atoms with Crippen LogP contribution in [0.3, 0.4) is 0 Å². The smallest absolute Gasteiger partial charge is 0.176 e. The summed E-state index contributed by atoms with van der Waals surface area (Å²) >= 11 is 9.44. The van der Waals surface area contributed by atoms with E-state index in [1.54, 1.807) is 6.07 Å². The lowest BCUT2D eigenvalue weighted by atomic mass is 10.0. The first kappa shape index (κ1) is 14.2. The van der Waals surface area contributed by atoms with Gasteiger partial charge in [0.2, 0.25) is 0 Å². The number of aromatic nitrogens is 1. The zero-order valence-electron chi connectivity index (χ0n) is 11.2. The Morgan fingerprint density at radius 3 is 2.43 bits per heavy atom. The third-order valence-electron chi connectivity index (χ3n) is 3.24. The van der Waals surface area contributed by atoms with Gasteiger partial charge >= 0.3 is 0 Å². The summed E-state index contributed by atoms with van der Waals surface area (Å²) in [6.07, 6.45) is 0. The van der Waals surface area contributed by atoms with Crippen LogP contribution in [0.4, 0.5) is 5.82 Å². The topological polar surface area (TPSA) is 52.0 Å². The molecule has 3 aromatic rings. The fraction of sp³-hybridized carbons (Fsp3) is 0.0625. The first-order valence-corrected chi connectivity index (χ1v) is 7.51. The Hall–Kier alpha value is -1.78. The fourth-order valence-corrected chi connectivity index (χ4v) is 2.63. The SMILES string of the molecule is Cc1ccc(-c2c(N)noc2-c2ccc(Cl)c(Br)c2)cc1. The fourth-order valence-electron chi connectivity index (χ4n) is 2.14. The van der Waals surface area contributed by atoms with Crippen molar-refractivity contribution in [3.8, 4) is 22.5 Å². The van der Waals surface area contributed by atoms with E-state index in [9.17, 15) is 0 Å². The molecule has 0 unspecified atom stereocenters. The maximum Gasteiger partial charge on any atom is 0.176 e. The molecule has 0 atom stereocenters. The molecule has 0 fully saturated rings. The predicted molar refractivity (Wildman–Crippen MR) is 89.2 cm³/mol. The normalized spacial score (nSPS) is 10.8. The summed E-state index contributed by atoms with van der Waals surface area (Å²) in [5.74, 6) is 1.01. The van der Waals surface area contributed by atoms with E-state index in [2.05, 4.69) is 21.1 Å². The van der Waals surface area contributed by atoms with Crippen molar-refractivity contribution >= 4 is 33.3 Å². The second kappa shape index (κ2) is 5.54. The van der Waals surface area contributed by atoms with E-state index in [0.29, 0.717) is 16.6 Å². The molecular weight excluding hydrogens is 352 g/mol. The molecule has 0 spiro atoms. The van der Waals surface area contributed by atoms with Gasteiger partial charge in [0.05, 0.1) is 10.6 Å². The highest BCUT2D eigenvalue weighted by Crippen LogP contribution is 2.38. The third-order valence-corrected chi connectivity index (χ3v) is 4.45. The molecule has 106 valence electrons. The van der Waals surface area contributed by atoms with Crippen LogP contribution in [0.2, 0.25) is 5.02 Å². The van der Waals surface area contributed by atoms with Crippen molar-refractivity contribution in [2.75, 3.05) is 5.73 Å². The minimum atomic E-state index is 0.375. The Balaban J connectivity index is 2.16. The molecule has 0 saturated carbocycles. The Kier molecular flexibility index (Phi) is 3.74. The van der Waals surface area contributed by atoms with Crippen LogP contribution in [0.25, 0.3) is 22.5 Å². The van der Waals surface area contributed by atoms with Gasteiger partial charge in [-0.15, -0.1) is 0 Å². The van der Waals surface area contributed by atoms with Crippen LogP contribution in [0.1, 0.15) is 5.56 Å². The largest absolute Gasteiger partial charge is 0.380 e. The van der Waals surface area contributed by atoms with Crippen LogP contribution in [-0.4, -0.2) is 5.16 Å². The number of rotatable bonds is 2. The molecule has 0 amide bonds. The van der Waals surface area contributed by atoms with Crippen LogP contribution >= 0.6 is 27.5 Å². The predicted octanol–water partition coefficient (Wildman–Crippen LogP) is 5.32. The van der Waals surface area contributed by atoms with E-state index in [0.717, 1.165) is 21.2 Å². The number of aryl methyl sites for hydroxylation is 1. The number of nitrogen functional groups attached to an aromatic ring is 1. The Labute approximate surface area is 135 Å². The molecular formula is C16H12BrClN2O. The first-order chi connectivity index (χ1) is 10.1. The number of hydrogen-bond donors (Lipinski definition) is 1. The lowest BCUT2D eigenvalue weighted by Gasteiger charge is -2.05. The highest BCUT2D eigenvalue weighted by molar-refractivity contribution is 9.10. The number of benzene rings is 2. The van der Waals surface area contributed by atoms with Crippen LogP contribution in [-0.2, 0) is 0 Å². The lowest BCUT2D eigenvalue weighted by molar-refractivity contribution is 0.436. The highest BCUT2D eigenvalue weighted by atomic mass is 79.9. The summed E-state index contributed by atoms with van der Waals surface area (Å²) in [4.78, 5) is 0. The van der Waals surface area contributed by atoms with E-state index in [1.807, 2.05) is 43.3 Å². The highest BCUT2D eigenvalue weighted by Gasteiger charge is 2.18. The number of anilines is 1. The van der Waals surface area contributed by atoms with Crippen molar-refractivity contribution in [2.45, 2.75) is 6.92 Å². The summed E-state index contributed by atoms with van der Waals surface area (Å²) in [6, 6.07) is 13.6. The van der Waals surface area contributed by atoms with Crippen molar-refractivity contribution in [3.63, 3.8) is 0 Å². The molecule has 21 heavy (non-hydrogen) atoms. The van der Waals surface area contributed by atoms with Crippen LogP contribution < -0.4 is 5.73 Å². The van der Waals surface area contributed by atoms with Crippen molar-refractivity contribution in [1.29, 1.82) is 0 Å². The Bertz CT molecular complexity index is 797. The Morgan fingerprint density at radius 2 is 1.76 bits per heavy atom. The van der Waals surface area contributed by atoms with Gasteiger partial charge in [0.15, 0.2) is 11.6 Å². The average Bonchev–Trinajstić information content (AvgIpc) is 2.85. The first-order valence-electron chi connectivity index (χ1n) is 6.34. The minimum absolute atomic E-state index is 0.375. The maximum absolute atomic E-state index is 6.03. The number of nitrogens with two attached hydrogens (primary N) is 1. The minimum Gasteiger partial charge on any atom is -0.380 e. The van der Waals surface area contributed by atoms with E-state index in [-0.39, 0.29) is 0 Å². The second-order valence-electron chi connectivity index (χ2n) is 4.77. The standard InChI is InChI=1S/C16H12BrClN2O/c1-9-2-4-10(5-3-9)14-15(21-20-16(14)19)11-6-7-13(18)12(17)8-11/h2-8H,1H3,(H2,19,20). The molecule has 0 aliphatic rings. The van der Waals surface area contributed by atoms with Crippen molar-refractivity contribution in [1.82, 2.24) is 5.16 Å². The quantitative estimate of drug-likeness (QED) is 0.671. The zero-order chi connectivity index (χ0) is 15.0. The van der Waals surface area contributed by atoms with Crippen LogP contribution in [0.5, 0.6) is 0 Å². The summed E-state index contributed by atoms with van der Waals surface area (Å²) in [5.41, 5.74) is 9.79. The maximum atomic E-state index is 6.03. The van der Waals surface area contributed by atoms with Gasteiger partial charge in [-0.1, -0.05) is 46.6 Å². The molecule has 1 heterocycles. The van der Waals surface area contributed by atoms with Gasteiger partial charge in [-0.05, 0) is 46.6 Å². The third kappa shape index (κ3) is 2.69. The van der Waals surface area contributed by atoms with Gasteiger partial charge in [-0.2, -0.15) is 0 Å². The van der Waals surface area contributed by atoms with Gasteiger partial charge in [0.1, 0.15) is 0 Å². The lowest BCUT2D eigenvalue weighted by Crippen LogP contribution is -1.89. The molecule has 0 aliphatic heterocycles. The molecule has 0 bridgehead atoms. The van der Waals surface area contributed by atoms with E-state index in [1.165, 1.54) is 5.56 Å². The van der Waals surface area contributed by atoms with Crippen LogP contribution in [0, 0.1) is 6.92 Å². The molecule has 1 aromatic heterocycles. The van der Waals surface area contributed by atoms with Gasteiger partial charge in [-0.25, -0.2) is 0 Å². The van der Waals surface area contributed by atoms with Crippen LogP contribution in [0.15, 0.2) is 51.5 Å². The van der Waals surface area contributed by atoms with Crippen molar-refractivity contribution in [2.24, 2.45) is 0 Å². The van der Waals surface area contributed by atoms with Gasteiger partial charge in [0.25, 0.3) is 0 Å². The number of halogens is 2. The zero-order valence-corrected chi connectivity index (χ0v) is 13.6. The van der Waals surface area contributed by atoms with Gasteiger partial charge < -0.3 is 10.3 Å². The molecule has 3 nitrogen and oxygen atoms in total. The summed E-state index contributed by atoms with van der Waals surface area (Å²) in [7, 11) is 0. The molecule has 2 N–H and O–H groups in total. The summed E-state index contributed by atoms with van der Waals surface area (Å²) < 4.78 is 6.22. The van der Waals surface area contributed by atoms with Crippen molar-refractivity contribution in [3.05, 3.63) is 57.5 Å². The molecule has 2 aromatic carbocycles. The summed E-state index contributed by atoms with van der Waals surface area (Å²) in [5, 5.41) is 4.54. The van der Waals surface area contributed by atoms with Gasteiger partial charge in [0, 0.05) is 10.0 Å². The molecule has 0 radical (unpaired) electrons. The van der Waals surface area contributed by atoms with E-state index in [4.69, 9.17) is 21.9 Å². The number of nitrogens with zero attached hydrogens (tertiary/aromatic N) is 1.